The highest BCUT2D eigenvalue weighted by molar-refractivity contribution is 5.16. The minimum atomic E-state index is 0.229. The average molecular weight is 233 g/mol. The summed E-state index contributed by atoms with van der Waals surface area (Å²) >= 11 is 0. The van der Waals surface area contributed by atoms with E-state index in [2.05, 4.69) is 47.9 Å². The first kappa shape index (κ1) is 13.8. The van der Waals surface area contributed by atoms with Crippen LogP contribution in [0.1, 0.15) is 51.0 Å². The number of nitrogens with zero attached hydrogens (tertiary/aromatic N) is 2. The molecule has 0 saturated heterocycles. The van der Waals surface area contributed by atoms with Gasteiger partial charge in [0.2, 0.25) is 0 Å². The molecule has 0 aromatic carbocycles. The maximum absolute atomic E-state index is 5.45. The van der Waals surface area contributed by atoms with Gasteiger partial charge in [0.25, 0.3) is 0 Å². The summed E-state index contributed by atoms with van der Waals surface area (Å²) in [4.78, 5) is 0. The van der Waals surface area contributed by atoms with Crippen molar-refractivity contribution in [2.24, 2.45) is 0 Å². The van der Waals surface area contributed by atoms with Gasteiger partial charge in [-0.25, -0.2) is 0 Å². The van der Waals surface area contributed by atoms with Crippen molar-refractivity contribution in [1.82, 2.24) is 15.1 Å². The molecular weight excluding hydrogens is 210 g/mol. The maximum atomic E-state index is 5.45. The van der Waals surface area contributed by atoms with Gasteiger partial charge in [0.15, 0.2) is 0 Å². The van der Waals surface area contributed by atoms with Crippen LogP contribution in [0.2, 0.25) is 0 Å². The highest BCUT2D eigenvalue weighted by Gasteiger charge is 2.15. The smallest absolute Gasteiger partial charge is 0.0625 e. The molecule has 3 heteroatoms. The minimum absolute atomic E-state index is 0.229. The van der Waals surface area contributed by atoms with Crippen LogP contribution in [0.3, 0.4) is 0 Å². The number of nitrogens with one attached hydrogen (secondary N) is 1. The lowest BCUT2D eigenvalue weighted by Gasteiger charge is -2.17. The van der Waals surface area contributed by atoms with E-state index in [4.69, 9.17) is 6.42 Å². The van der Waals surface area contributed by atoms with E-state index in [-0.39, 0.29) is 6.04 Å². The SMILES string of the molecule is C#CCC(NCCC)c1cc(CC)nn1CC. The number of terminal acetylenes is 1. The van der Waals surface area contributed by atoms with E-state index in [1.165, 1.54) is 5.69 Å². The van der Waals surface area contributed by atoms with Crippen molar-refractivity contribution >= 4 is 0 Å². The fourth-order valence-electron chi connectivity index (χ4n) is 1.91. The van der Waals surface area contributed by atoms with E-state index in [9.17, 15) is 0 Å². The van der Waals surface area contributed by atoms with Gasteiger partial charge in [-0.1, -0.05) is 13.8 Å². The molecule has 0 aliphatic rings. The van der Waals surface area contributed by atoms with Crippen LogP contribution in [0, 0.1) is 12.3 Å². The van der Waals surface area contributed by atoms with Gasteiger partial charge in [0.05, 0.1) is 17.4 Å². The monoisotopic (exact) mass is 233 g/mol. The van der Waals surface area contributed by atoms with Crippen molar-refractivity contribution in [3.8, 4) is 12.3 Å². The number of hydrogen-bond donors (Lipinski definition) is 1. The zero-order chi connectivity index (χ0) is 12.7. The van der Waals surface area contributed by atoms with Crippen LogP contribution in [0.5, 0.6) is 0 Å². The summed E-state index contributed by atoms with van der Waals surface area (Å²) in [5, 5.41) is 8.06. The van der Waals surface area contributed by atoms with Gasteiger partial charge in [-0.05, 0) is 32.4 Å². The van der Waals surface area contributed by atoms with Crippen molar-refractivity contribution in [3.63, 3.8) is 0 Å². The molecule has 3 nitrogen and oxygen atoms in total. The molecule has 1 unspecified atom stereocenters. The second-order valence-electron chi connectivity index (χ2n) is 4.14. The summed E-state index contributed by atoms with van der Waals surface area (Å²) in [6.45, 7) is 8.28. The third-order valence-corrected chi connectivity index (χ3v) is 2.84. The molecule has 1 aromatic heterocycles. The van der Waals surface area contributed by atoms with Crippen LogP contribution in [0.4, 0.5) is 0 Å². The molecule has 1 heterocycles. The zero-order valence-corrected chi connectivity index (χ0v) is 11.2. The predicted octanol–water partition coefficient (Wildman–Crippen LogP) is 2.53. The van der Waals surface area contributed by atoms with Crippen molar-refractivity contribution < 1.29 is 0 Å². The normalized spacial score (nSPS) is 12.4. The van der Waals surface area contributed by atoms with Crippen LogP contribution < -0.4 is 5.32 Å². The molecule has 1 N–H and O–H groups in total. The molecule has 0 fully saturated rings. The van der Waals surface area contributed by atoms with Gasteiger partial charge in [-0.15, -0.1) is 12.3 Å². The number of aromatic nitrogens is 2. The molecule has 0 amide bonds. The highest BCUT2D eigenvalue weighted by Crippen LogP contribution is 2.18. The first-order valence-electron chi connectivity index (χ1n) is 6.50. The second kappa shape index (κ2) is 7.13. The fourth-order valence-corrected chi connectivity index (χ4v) is 1.91. The lowest BCUT2D eigenvalue weighted by molar-refractivity contribution is 0.487. The third kappa shape index (κ3) is 3.61. The van der Waals surface area contributed by atoms with Gasteiger partial charge < -0.3 is 5.32 Å². The Morgan fingerprint density at radius 2 is 2.24 bits per heavy atom. The van der Waals surface area contributed by atoms with E-state index in [0.717, 1.165) is 38.0 Å². The Hall–Kier alpha value is -1.27. The highest BCUT2D eigenvalue weighted by atomic mass is 15.3. The van der Waals surface area contributed by atoms with Gasteiger partial charge in [0, 0.05) is 13.0 Å². The Labute approximate surface area is 105 Å². The molecule has 0 saturated carbocycles. The van der Waals surface area contributed by atoms with Gasteiger partial charge in [0.1, 0.15) is 0 Å². The van der Waals surface area contributed by atoms with Gasteiger partial charge in [-0.2, -0.15) is 5.10 Å². The van der Waals surface area contributed by atoms with Crippen molar-refractivity contribution in [2.45, 2.75) is 52.6 Å². The summed E-state index contributed by atoms with van der Waals surface area (Å²) in [7, 11) is 0. The van der Waals surface area contributed by atoms with Crippen LogP contribution in [0.25, 0.3) is 0 Å². The molecule has 0 bridgehead atoms. The van der Waals surface area contributed by atoms with Crippen LogP contribution in [-0.2, 0) is 13.0 Å². The van der Waals surface area contributed by atoms with E-state index in [0.29, 0.717) is 0 Å². The first-order valence-corrected chi connectivity index (χ1v) is 6.50. The van der Waals surface area contributed by atoms with Crippen molar-refractivity contribution in [1.29, 1.82) is 0 Å². The Morgan fingerprint density at radius 1 is 1.47 bits per heavy atom. The molecule has 0 radical (unpaired) electrons. The maximum Gasteiger partial charge on any atom is 0.0625 e. The quantitative estimate of drug-likeness (QED) is 0.733. The summed E-state index contributed by atoms with van der Waals surface area (Å²) in [6, 6.07) is 2.40. The average Bonchev–Trinajstić information content (AvgIpc) is 2.77. The van der Waals surface area contributed by atoms with E-state index in [1.54, 1.807) is 0 Å². The van der Waals surface area contributed by atoms with E-state index >= 15 is 0 Å². The topological polar surface area (TPSA) is 29.9 Å². The molecule has 0 spiro atoms. The minimum Gasteiger partial charge on any atom is -0.308 e. The summed E-state index contributed by atoms with van der Waals surface area (Å²) in [5.74, 6) is 2.75. The fraction of sp³-hybridized carbons (Fsp3) is 0.643. The summed E-state index contributed by atoms with van der Waals surface area (Å²) < 4.78 is 2.06. The van der Waals surface area contributed by atoms with Crippen LogP contribution in [-0.4, -0.2) is 16.3 Å². The number of hydrogen-bond acceptors (Lipinski definition) is 2. The molecule has 0 aliphatic carbocycles. The molecule has 0 aliphatic heterocycles. The summed E-state index contributed by atoms with van der Waals surface area (Å²) in [6.07, 6.45) is 8.25. The van der Waals surface area contributed by atoms with Crippen LogP contribution in [0.15, 0.2) is 6.07 Å². The molecular formula is C14H23N3. The predicted molar refractivity (Wildman–Crippen MR) is 71.8 cm³/mol. The molecule has 1 atom stereocenters. The van der Waals surface area contributed by atoms with E-state index < -0.39 is 0 Å². The first-order chi connectivity index (χ1) is 8.26. The number of rotatable bonds is 7. The summed E-state index contributed by atoms with van der Waals surface area (Å²) in [5.41, 5.74) is 2.36. The lowest BCUT2D eigenvalue weighted by atomic mass is 10.1. The molecule has 1 aromatic rings. The molecule has 17 heavy (non-hydrogen) atoms. The lowest BCUT2D eigenvalue weighted by Crippen LogP contribution is -2.24. The van der Waals surface area contributed by atoms with Gasteiger partial charge in [-0.3, -0.25) is 4.68 Å². The number of aryl methyl sites for hydroxylation is 2. The molecule has 1 rings (SSSR count). The second-order valence-corrected chi connectivity index (χ2v) is 4.14. The zero-order valence-electron chi connectivity index (χ0n) is 11.2. The molecule has 94 valence electrons. The van der Waals surface area contributed by atoms with E-state index in [1.807, 2.05) is 0 Å². The standard InChI is InChI=1S/C14H23N3/c1-5-9-13(15-10-6-2)14-11-12(7-3)16-17(14)8-4/h1,11,13,15H,6-10H2,2-4H3. The van der Waals surface area contributed by atoms with Crippen molar-refractivity contribution in [2.75, 3.05) is 6.54 Å². The largest absolute Gasteiger partial charge is 0.308 e. The Morgan fingerprint density at radius 3 is 2.76 bits per heavy atom. The Bertz CT molecular complexity index is 373. The van der Waals surface area contributed by atoms with Crippen LogP contribution >= 0.6 is 0 Å². The third-order valence-electron chi connectivity index (χ3n) is 2.84. The van der Waals surface area contributed by atoms with Gasteiger partial charge >= 0.3 is 0 Å². The Kier molecular flexibility index (Phi) is 5.79. The Balaban J connectivity index is 2.91. The van der Waals surface area contributed by atoms with Crippen molar-refractivity contribution in [3.05, 3.63) is 17.5 Å².